The fourth-order valence-electron chi connectivity index (χ4n) is 1.71. The lowest BCUT2D eigenvalue weighted by molar-refractivity contribution is -0.106. The average molecular weight is 188 g/mol. The quantitative estimate of drug-likeness (QED) is 0.492. The zero-order valence-corrected chi connectivity index (χ0v) is 10.6. The van der Waals surface area contributed by atoms with Crippen LogP contribution in [0.5, 0.6) is 0 Å². The van der Waals surface area contributed by atoms with Gasteiger partial charge in [0.25, 0.3) is 0 Å². The molecule has 0 aliphatic carbocycles. The molecule has 0 radical (unpaired) electrons. The van der Waals surface area contributed by atoms with Crippen LogP contribution in [0.2, 0.25) is 44.4 Å². The second kappa shape index (κ2) is 3.23. The predicted octanol–water partition coefficient (Wildman–Crippen LogP) is 2.77. The summed E-state index contributed by atoms with van der Waals surface area (Å²) in [6, 6.07) is 0. The van der Waals surface area contributed by atoms with Crippen molar-refractivity contribution in [3.8, 4) is 0 Å². The Hall–Kier alpha value is 0.104. The lowest BCUT2D eigenvalue weighted by Gasteiger charge is -2.33. The van der Waals surface area contributed by atoms with E-state index in [0.29, 0.717) is 5.16 Å². The molecule has 0 fully saturated rings. The molecule has 0 saturated heterocycles. The molecule has 3 heteroatoms. The van der Waals surface area contributed by atoms with Crippen molar-refractivity contribution in [3.05, 3.63) is 0 Å². The van der Waals surface area contributed by atoms with Crippen molar-refractivity contribution in [1.82, 2.24) is 0 Å². The third-order valence-corrected chi connectivity index (χ3v) is 11.2. The van der Waals surface area contributed by atoms with Crippen molar-refractivity contribution >= 4 is 22.4 Å². The Kier molecular flexibility index (Phi) is 3.26. The molecule has 1 nitrogen and oxygen atoms in total. The first-order chi connectivity index (χ1) is 4.69. The monoisotopic (exact) mass is 188 g/mol. The van der Waals surface area contributed by atoms with E-state index in [9.17, 15) is 4.79 Å². The van der Waals surface area contributed by atoms with Gasteiger partial charge in [0, 0.05) is 5.16 Å². The highest BCUT2D eigenvalue weighted by atomic mass is 28.4. The van der Waals surface area contributed by atoms with Gasteiger partial charge in [-0.1, -0.05) is 39.3 Å². The number of rotatable bonds is 3. The highest BCUT2D eigenvalue weighted by Crippen LogP contribution is 2.29. The maximum absolute atomic E-state index is 10.9. The Morgan fingerprint density at radius 3 is 1.18 bits per heavy atom. The van der Waals surface area contributed by atoms with E-state index in [-0.39, 0.29) is 0 Å². The summed E-state index contributed by atoms with van der Waals surface area (Å²) in [6.07, 6.45) is 1.21. The summed E-state index contributed by atoms with van der Waals surface area (Å²) in [5.74, 6) is 0. The van der Waals surface area contributed by atoms with Crippen LogP contribution in [-0.2, 0) is 4.79 Å². The van der Waals surface area contributed by atoms with Gasteiger partial charge in [0.1, 0.15) is 6.29 Å². The minimum Gasteiger partial charge on any atom is -0.304 e. The van der Waals surface area contributed by atoms with E-state index in [2.05, 4.69) is 39.3 Å². The molecule has 0 bridgehead atoms. The van der Waals surface area contributed by atoms with Gasteiger partial charge in [0.05, 0.1) is 16.1 Å². The smallest absolute Gasteiger partial charge is 0.117 e. The van der Waals surface area contributed by atoms with Gasteiger partial charge in [-0.2, -0.15) is 0 Å². The summed E-state index contributed by atoms with van der Waals surface area (Å²) in [7, 11) is -2.46. The van der Waals surface area contributed by atoms with Crippen molar-refractivity contribution in [1.29, 1.82) is 0 Å². The van der Waals surface area contributed by atoms with Crippen LogP contribution in [0.1, 0.15) is 0 Å². The Bertz CT molecular complexity index is 127. The number of aldehydes is 1. The number of hydrogen-bond acceptors (Lipinski definition) is 1. The summed E-state index contributed by atoms with van der Waals surface area (Å²) in [6.45, 7) is 13.7. The van der Waals surface area contributed by atoms with Crippen LogP contribution in [0.15, 0.2) is 0 Å². The van der Waals surface area contributed by atoms with E-state index in [1.165, 1.54) is 6.29 Å². The average Bonchev–Trinajstić information content (AvgIpc) is 1.56. The maximum atomic E-state index is 10.9. The Balaban J connectivity index is 4.56. The second-order valence-electron chi connectivity index (χ2n) is 5.35. The number of carbonyl (C=O) groups excluding carboxylic acids is 1. The molecule has 0 spiro atoms. The minimum absolute atomic E-state index is 0.412. The standard InChI is InChI=1S/C8H20OSi2/c1-10(2,3)8(7-9)11(4,5)6/h7-8H,1-6H3. The second-order valence-corrected chi connectivity index (χ2v) is 16.6. The molecule has 11 heavy (non-hydrogen) atoms. The van der Waals surface area contributed by atoms with Gasteiger partial charge < -0.3 is 4.79 Å². The van der Waals surface area contributed by atoms with Gasteiger partial charge in [0.15, 0.2) is 0 Å². The number of carbonyl (C=O) groups is 1. The van der Waals surface area contributed by atoms with Crippen molar-refractivity contribution in [2.24, 2.45) is 0 Å². The lowest BCUT2D eigenvalue weighted by Crippen LogP contribution is -2.44. The molecule has 0 heterocycles. The summed E-state index contributed by atoms with van der Waals surface area (Å²) < 4.78 is 0. The van der Waals surface area contributed by atoms with Crippen molar-refractivity contribution in [2.45, 2.75) is 44.4 Å². The Labute approximate surface area is 72.2 Å². The molecule has 0 aliphatic heterocycles. The molecule has 0 N–H and O–H groups in total. The van der Waals surface area contributed by atoms with E-state index < -0.39 is 16.1 Å². The maximum Gasteiger partial charge on any atom is 0.117 e. The van der Waals surface area contributed by atoms with Crippen molar-refractivity contribution in [2.75, 3.05) is 0 Å². The molecular weight excluding hydrogens is 168 g/mol. The van der Waals surface area contributed by atoms with Crippen LogP contribution in [0.4, 0.5) is 0 Å². The molecule has 0 amide bonds. The molecule has 0 rings (SSSR count). The molecular formula is C8H20OSi2. The molecule has 0 aromatic carbocycles. The molecule has 66 valence electrons. The van der Waals surface area contributed by atoms with Crippen LogP contribution in [0, 0.1) is 0 Å². The van der Waals surface area contributed by atoms with Gasteiger partial charge in [0.2, 0.25) is 0 Å². The fraction of sp³-hybridized carbons (Fsp3) is 0.875. The number of hydrogen-bond donors (Lipinski definition) is 0. The van der Waals surface area contributed by atoms with Crippen LogP contribution in [0.3, 0.4) is 0 Å². The van der Waals surface area contributed by atoms with Crippen LogP contribution in [-0.4, -0.2) is 22.4 Å². The Morgan fingerprint density at radius 1 is 0.909 bits per heavy atom. The lowest BCUT2D eigenvalue weighted by atomic mass is 10.9. The van der Waals surface area contributed by atoms with Crippen molar-refractivity contribution < 1.29 is 4.79 Å². The Morgan fingerprint density at radius 2 is 1.18 bits per heavy atom. The fourth-order valence-corrected chi connectivity index (χ4v) is 12.9. The van der Waals surface area contributed by atoms with Gasteiger partial charge in [-0.3, -0.25) is 0 Å². The van der Waals surface area contributed by atoms with Crippen LogP contribution < -0.4 is 0 Å². The predicted molar refractivity (Wildman–Crippen MR) is 56.5 cm³/mol. The first-order valence-electron chi connectivity index (χ1n) is 4.15. The molecule has 0 saturated carbocycles. The topological polar surface area (TPSA) is 17.1 Å². The molecule has 0 aromatic heterocycles. The largest absolute Gasteiger partial charge is 0.304 e. The minimum atomic E-state index is -1.23. The van der Waals surface area contributed by atoms with E-state index in [4.69, 9.17) is 0 Å². The summed E-state index contributed by atoms with van der Waals surface area (Å²) in [4.78, 5) is 10.9. The van der Waals surface area contributed by atoms with E-state index in [1.807, 2.05) is 0 Å². The van der Waals surface area contributed by atoms with E-state index in [0.717, 1.165) is 0 Å². The molecule has 0 aliphatic rings. The first kappa shape index (κ1) is 11.1. The SMILES string of the molecule is C[Si](C)(C)C(C=O)[Si](C)(C)C. The third kappa shape index (κ3) is 3.34. The summed E-state index contributed by atoms with van der Waals surface area (Å²) in [5.41, 5.74) is 0. The van der Waals surface area contributed by atoms with Gasteiger partial charge in [-0.15, -0.1) is 0 Å². The van der Waals surface area contributed by atoms with E-state index >= 15 is 0 Å². The molecule has 0 unspecified atom stereocenters. The molecule has 0 aromatic rings. The highest BCUT2D eigenvalue weighted by molar-refractivity contribution is 6.99. The summed E-state index contributed by atoms with van der Waals surface area (Å²) >= 11 is 0. The van der Waals surface area contributed by atoms with Crippen molar-refractivity contribution in [3.63, 3.8) is 0 Å². The third-order valence-electron chi connectivity index (χ3n) is 2.00. The summed E-state index contributed by atoms with van der Waals surface area (Å²) in [5, 5.41) is 0.412. The van der Waals surface area contributed by atoms with E-state index in [1.54, 1.807) is 0 Å². The zero-order valence-electron chi connectivity index (χ0n) is 8.56. The molecule has 0 atom stereocenters. The van der Waals surface area contributed by atoms with Gasteiger partial charge in [-0.05, 0) is 0 Å². The normalized spacial score (nSPS) is 13.7. The van der Waals surface area contributed by atoms with Gasteiger partial charge >= 0.3 is 0 Å². The highest BCUT2D eigenvalue weighted by Gasteiger charge is 2.36. The first-order valence-corrected chi connectivity index (χ1v) is 11.3. The zero-order chi connectivity index (χ0) is 9.28. The van der Waals surface area contributed by atoms with Crippen LogP contribution in [0.25, 0.3) is 0 Å². The van der Waals surface area contributed by atoms with Gasteiger partial charge in [-0.25, -0.2) is 0 Å². The van der Waals surface area contributed by atoms with Crippen LogP contribution >= 0.6 is 0 Å².